The molecule has 17 heavy (non-hydrogen) atoms. The molecule has 0 spiro atoms. The molecule has 5 nitrogen and oxygen atoms in total. The van der Waals surface area contributed by atoms with Gasteiger partial charge >= 0.3 is 7.82 Å². The van der Waals surface area contributed by atoms with Crippen LogP contribution in [0.2, 0.25) is 0 Å². The highest BCUT2D eigenvalue weighted by Crippen LogP contribution is 2.39. The Bertz CT molecular complexity index is 589. The summed E-state index contributed by atoms with van der Waals surface area (Å²) in [4.78, 5) is 17.4. The summed E-state index contributed by atoms with van der Waals surface area (Å²) in [6.07, 6.45) is 0. The zero-order valence-corrected chi connectivity index (χ0v) is 9.92. The average Bonchev–Trinajstić information content (AvgIpc) is 2.25. The van der Waals surface area contributed by atoms with Gasteiger partial charge in [-0.05, 0) is 29.7 Å². The summed E-state index contributed by atoms with van der Waals surface area (Å²) in [5.74, 6) is 0.823. The second-order valence-corrected chi connectivity index (χ2v) is 4.59. The molecule has 0 aliphatic carbocycles. The first-order valence-electron chi connectivity index (χ1n) is 4.81. The summed E-state index contributed by atoms with van der Waals surface area (Å²) < 4.78 is 20.4. The van der Waals surface area contributed by atoms with Crippen molar-refractivity contribution < 1.29 is 23.6 Å². The van der Waals surface area contributed by atoms with Gasteiger partial charge in [0.05, 0.1) is 7.11 Å². The molecule has 0 unspecified atom stereocenters. The number of methoxy groups -OCH3 is 1. The summed E-state index contributed by atoms with van der Waals surface area (Å²) in [7, 11) is -2.95. The van der Waals surface area contributed by atoms with E-state index in [4.69, 9.17) is 14.5 Å². The fourth-order valence-corrected chi connectivity index (χ4v) is 1.99. The zero-order valence-electron chi connectivity index (χ0n) is 9.03. The molecular formula is C11H11O5P. The lowest BCUT2D eigenvalue weighted by Gasteiger charge is -2.09. The van der Waals surface area contributed by atoms with Crippen molar-refractivity contribution >= 4 is 18.6 Å². The maximum Gasteiger partial charge on any atom is 0.524 e. The second-order valence-electron chi connectivity index (χ2n) is 3.43. The van der Waals surface area contributed by atoms with Crippen LogP contribution in [0.3, 0.4) is 0 Å². The molecule has 0 radical (unpaired) electrons. The molecule has 0 bridgehead atoms. The van der Waals surface area contributed by atoms with Gasteiger partial charge in [0.15, 0.2) is 0 Å². The molecule has 0 amide bonds. The topological polar surface area (TPSA) is 76.0 Å². The van der Waals surface area contributed by atoms with Crippen molar-refractivity contribution in [2.75, 3.05) is 7.11 Å². The fraction of sp³-hybridized carbons (Fsp3) is 0.0909. The van der Waals surface area contributed by atoms with Crippen molar-refractivity contribution in [1.82, 2.24) is 0 Å². The van der Waals surface area contributed by atoms with Crippen LogP contribution in [0.25, 0.3) is 10.8 Å². The molecule has 6 heteroatoms. The second kappa shape index (κ2) is 4.37. The smallest absolute Gasteiger partial charge is 0.496 e. The quantitative estimate of drug-likeness (QED) is 0.822. The maximum absolute atomic E-state index is 10.7. The molecule has 0 atom stereocenters. The Morgan fingerprint density at radius 1 is 1.18 bits per heavy atom. The van der Waals surface area contributed by atoms with Crippen LogP contribution in [0.1, 0.15) is 0 Å². The number of benzene rings is 2. The Kier molecular flexibility index (Phi) is 3.07. The van der Waals surface area contributed by atoms with Crippen molar-refractivity contribution in [2.24, 2.45) is 0 Å². The standard InChI is InChI=1S/C11H11O5P/c1-15-11-4-2-3-8-7-9(5-6-10(8)11)16-17(12,13)14/h2-7H,1H3,(H2,12,13,14). The van der Waals surface area contributed by atoms with E-state index < -0.39 is 7.82 Å². The molecule has 2 N–H and O–H groups in total. The molecule has 2 aromatic carbocycles. The van der Waals surface area contributed by atoms with Crippen molar-refractivity contribution in [3.63, 3.8) is 0 Å². The molecule has 2 aromatic rings. The van der Waals surface area contributed by atoms with Gasteiger partial charge in [-0.1, -0.05) is 12.1 Å². The van der Waals surface area contributed by atoms with Gasteiger partial charge in [-0.15, -0.1) is 0 Å². The highest BCUT2D eigenvalue weighted by Gasteiger charge is 2.16. The summed E-state index contributed by atoms with van der Waals surface area (Å²) in [5, 5.41) is 1.64. The molecule has 90 valence electrons. The Hall–Kier alpha value is -1.55. The van der Waals surface area contributed by atoms with Gasteiger partial charge < -0.3 is 9.26 Å². The van der Waals surface area contributed by atoms with Crippen molar-refractivity contribution in [3.05, 3.63) is 36.4 Å². The summed E-state index contributed by atoms with van der Waals surface area (Å²) >= 11 is 0. The SMILES string of the molecule is COc1cccc2cc(OP(=O)(O)O)ccc12. The lowest BCUT2D eigenvalue weighted by atomic mass is 10.1. The highest BCUT2D eigenvalue weighted by atomic mass is 31.2. The van der Waals surface area contributed by atoms with Crippen LogP contribution in [-0.2, 0) is 4.57 Å². The molecule has 0 fully saturated rings. The molecule has 0 heterocycles. The van der Waals surface area contributed by atoms with Gasteiger partial charge in [0, 0.05) is 5.39 Å². The predicted molar refractivity (Wildman–Crippen MR) is 63.2 cm³/mol. The molecule has 0 aromatic heterocycles. The molecule has 0 aliphatic heterocycles. The third-order valence-electron chi connectivity index (χ3n) is 2.26. The van der Waals surface area contributed by atoms with E-state index in [2.05, 4.69) is 4.52 Å². The van der Waals surface area contributed by atoms with Gasteiger partial charge in [-0.2, -0.15) is 0 Å². The lowest BCUT2D eigenvalue weighted by Crippen LogP contribution is -1.90. The Balaban J connectivity index is 2.48. The Labute approximate surface area is 97.8 Å². The maximum atomic E-state index is 10.7. The number of fused-ring (bicyclic) bond motifs is 1. The number of rotatable bonds is 3. The van der Waals surface area contributed by atoms with Crippen LogP contribution in [0.4, 0.5) is 0 Å². The number of phosphoric acid groups is 1. The van der Waals surface area contributed by atoms with E-state index in [1.54, 1.807) is 25.3 Å². The van der Waals surface area contributed by atoms with E-state index in [9.17, 15) is 4.57 Å². The van der Waals surface area contributed by atoms with Gasteiger partial charge in [0.25, 0.3) is 0 Å². The van der Waals surface area contributed by atoms with E-state index in [0.717, 1.165) is 10.8 Å². The molecule has 0 saturated carbocycles. The fourth-order valence-electron chi connectivity index (χ4n) is 1.60. The van der Waals surface area contributed by atoms with Crippen molar-refractivity contribution in [1.29, 1.82) is 0 Å². The van der Waals surface area contributed by atoms with E-state index in [-0.39, 0.29) is 5.75 Å². The Morgan fingerprint density at radius 3 is 2.59 bits per heavy atom. The minimum absolute atomic E-state index is 0.124. The van der Waals surface area contributed by atoms with Gasteiger partial charge in [0.1, 0.15) is 11.5 Å². The number of phosphoric ester groups is 1. The van der Waals surface area contributed by atoms with E-state index in [1.165, 1.54) is 6.07 Å². The van der Waals surface area contributed by atoms with Crippen LogP contribution in [-0.4, -0.2) is 16.9 Å². The molecule has 0 aliphatic rings. The Morgan fingerprint density at radius 2 is 1.94 bits per heavy atom. The van der Waals surface area contributed by atoms with Crippen LogP contribution >= 0.6 is 7.82 Å². The van der Waals surface area contributed by atoms with E-state index in [0.29, 0.717) is 5.75 Å². The molecular weight excluding hydrogens is 243 g/mol. The third kappa shape index (κ3) is 2.77. The van der Waals surface area contributed by atoms with Gasteiger partial charge in [-0.3, -0.25) is 9.79 Å². The summed E-state index contributed by atoms with van der Waals surface area (Å²) in [6, 6.07) is 10.2. The lowest BCUT2D eigenvalue weighted by molar-refractivity contribution is 0.283. The molecule has 2 rings (SSSR count). The van der Waals surface area contributed by atoms with Crippen LogP contribution in [0, 0.1) is 0 Å². The van der Waals surface area contributed by atoms with Gasteiger partial charge in [0.2, 0.25) is 0 Å². The minimum Gasteiger partial charge on any atom is -0.496 e. The van der Waals surface area contributed by atoms with Crippen LogP contribution in [0.5, 0.6) is 11.5 Å². The van der Waals surface area contributed by atoms with Crippen LogP contribution < -0.4 is 9.26 Å². The van der Waals surface area contributed by atoms with Crippen LogP contribution in [0.15, 0.2) is 36.4 Å². The average molecular weight is 254 g/mol. The molecule has 0 saturated heterocycles. The predicted octanol–water partition coefficient (Wildman–Crippen LogP) is 2.32. The van der Waals surface area contributed by atoms with Gasteiger partial charge in [-0.25, -0.2) is 4.57 Å². The first-order valence-corrected chi connectivity index (χ1v) is 6.34. The van der Waals surface area contributed by atoms with E-state index in [1.807, 2.05) is 12.1 Å². The van der Waals surface area contributed by atoms with Crippen molar-refractivity contribution in [3.8, 4) is 11.5 Å². The third-order valence-corrected chi connectivity index (χ3v) is 2.70. The number of hydrogen-bond donors (Lipinski definition) is 2. The normalized spacial score (nSPS) is 11.5. The zero-order chi connectivity index (χ0) is 12.5. The largest absolute Gasteiger partial charge is 0.524 e. The first-order chi connectivity index (χ1) is 7.99. The summed E-state index contributed by atoms with van der Waals surface area (Å²) in [5.41, 5.74) is 0. The van der Waals surface area contributed by atoms with Crippen molar-refractivity contribution in [2.45, 2.75) is 0 Å². The van der Waals surface area contributed by atoms with E-state index >= 15 is 0 Å². The minimum atomic E-state index is -4.52. The number of hydrogen-bond acceptors (Lipinski definition) is 3. The highest BCUT2D eigenvalue weighted by molar-refractivity contribution is 7.46. The first kappa shape index (κ1) is 11.9. The monoisotopic (exact) mass is 254 g/mol. The summed E-state index contributed by atoms with van der Waals surface area (Å²) in [6.45, 7) is 0. The number of ether oxygens (including phenoxy) is 1.